The van der Waals surface area contributed by atoms with Crippen LogP contribution in [-0.4, -0.2) is 16.2 Å². The van der Waals surface area contributed by atoms with Crippen LogP contribution in [0.1, 0.15) is 24.4 Å². The average Bonchev–Trinajstić information content (AvgIpc) is 2.84. The van der Waals surface area contributed by atoms with Gasteiger partial charge in [0.15, 0.2) is 0 Å². The van der Waals surface area contributed by atoms with E-state index < -0.39 is 0 Å². The molecule has 0 radical (unpaired) electrons. The Morgan fingerprint density at radius 1 is 1.14 bits per heavy atom. The third-order valence-corrected chi connectivity index (χ3v) is 3.84. The number of aromatic nitrogens is 2. The first-order valence-corrected chi connectivity index (χ1v) is 7.60. The summed E-state index contributed by atoms with van der Waals surface area (Å²) in [7, 11) is 0. The molecule has 1 unspecified atom stereocenters. The first kappa shape index (κ1) is 14.6. The summed E-state index contributed by atoms with van der Waals surface area (Å²) in [5.41, 5.74) is 9.60. The Balaban J connectivity index is 1.93. The summed E-state index contributed by atoms with van der Waals surface area (Å²) in [6.07, 6.45) is 0. The molecule has 2 N–H and O–H groups in total. The standard InChI is InChI=1S/C18H21N3O/c1-3-22-18-11-7-4-8-14(18)15(19)12-21-13(2)20-16-9-5-6-10-17(16)21/h4-11,15H,3,12,19H2,1-2H3. The van der Waals surface area contributed by atoms with Crippen molar-refractivity contribution < 1.29 is 4.74 Å². The number of rotatable bonds is 5. The fraction of sp³-hybridized carbons (Fsp3) is 0.278. The smallest absolute Gasteiger partial charge is 0.124 e. The van der Waals surface area contributed by atoms with Crippen molar-refractivity contribution >= 4 is 11.0 Å². The Kier molecular flexibility index (Phi) is 4.11. The van der Waals surface area contributed by atoms with Gasteiger partial charge in [-0.2, -0.15) is 0 Å². The summed E-state index contributed by atoms with van der Waals surface area (Å²) < 4.78 is 7.86. The maximum Gasteiger partial charge on any atom is 0.124 e. The molecule has 0 bridgehead atoms. The van der Waals surface area contributed by atoms with E-state index in [4.69, 9.17) is 10.5 Å². The fourth-order valence-electron chi connectivity index (χ4n) is 2.80. The van der Waals surface area contributed by atoms with E-state index in [1.54, 1.807) is 0 Å². The molecule has 1 heterocycles. The molecule has 0 aliphatic heterocycles. The number of fused-ring (bicyclic) bond motifs is 1. The van der Waals surface area contributed by atoms with E-state index in [2.05, 4.69) is 15.6 Å². The first-order chi connectivity index (χ1) is 10.7. The van der Waals surface area contributed by atoms with Crippen molar-refractivity contribution in [1.29, 1.82) is 0 Å². The monoisotopic (exact) mass is 295 g/mol. The SMILES string of the molecule is CCOc1ccccc1C(N)Cn1c(C)nc2ccccc21. The van der Waals surface area contributed by atoms with Crippen LogP contribution >= 0.6 is 0 Å². The van der Waals surface area contributed by atoms with E-state index >= 15 is 0 Å². The number of nitrogens with two attached hydrogens (primary N) is 1. The highest BCUT2D eigenvalue weighted by Crippen LogP contribution is 2.26. The summed E-state index contributed by atoms with van der Waals surface area (Å²) in [5, 5.41) is 0. The molecule has 0 aliphatic rings. The molecular weight excluding hydrogens is 274 g/mol. The van der Waals surface area contributed by atoms with Crippen LogP contribution in [0.3, 0.4) is 0 Å². The average molecular weight is 295 g/mol. The molecule has 2 aromatic carbocycles. The summed E-state index contributed by atoms with van der Waals surface area (Å²) in [4.78, 5) is 4.59. The van der Waals surface area contributed by atoms with Gasteiger partial charge in [0, 0.05) is 12.1 Å². The molecule has 22 heavy (non-hydrogen) atoms. The van der Waals surface area contributed by atoms with Gasteiger partial charge in [0.05, 0.1) is 23.7 Å². The number of nitrogens with zero attached hydrogens (tertiary/aromatic N) is 2. The highest BCUT2D eigenvalue weighted by Gasteiger charge is 2.15. The number of hydrogen-bond donors (Lipinski definition) is 1. The van der Waals surface area contributed by atoms with Crippen molar-refractivity contribution in [2.24, 2.45) is 5.73 Å². The van der Waals surface area contributed by atoms with Gasteiger partial charge in [-0.25, -0.2) is 4.98 Å². The minimum absolute atomic E-state index is 0.140. The normalized spacial score (nSPS) is 12.5. The van der Waals surface area contributed by atoms with Gasteiger partial charge in [0.25, 0.3) is 0 Å². The maximum atomic E-state index is 6.45. The third-order valence-electron chi connectivity index (χ3n) is 3.84. The van der Waals surface area contributed by atoms with Gasteiger partial charge in [0.1, 0.15) is 11.6 Å². The minimum atomic E-state index is -0.140. The summed E-state index contributed by atoms with van der Waals surface area (Å²) in [6, 6.07) is 16.0. The van der Waals surface area contributed by atoms with Crippen LogP contribution in [-0.2, 0) is 6.54 Å². The Labute approximate surface area is 130 Å². The molecule has 0 spiro atoms. The largest absolute Gasteiger partial charge is 0.494 e. The van der Waals surface area contributed by atoms with Gasteiger partial charge >= 0.3 is 0 Å². The molecule has 4 nitrogen and oxygen atoms in total. The van der Waals surface area contributed by atoms with Gasteiger partial charge in [-0.05, 0) is 32.0 Å². The molecule has 1 aromatic heterocycles. The lowest BCUT2D eigenvalue weighted by atomic mass is 10.1. The Morgan fingerprint density at radius 2 is 1.86 bits per heavy atom. The summed E-state index contributed by atoms with van der Waals surface area (Å²) in [6.45, 7) is 5.31. The molecule has 0 saturated carbocycles. The molecule has 0 saturated heterocycles. The van der Waals surface area contributed by atoms with Crippen LogP contribution in [0, 0.1) is 6.92 Å². The van der Waals surface area contributed by atoms with E-state index in [0.717, 1.165) is 28.2 Å². The zero-order valence-corrected chi connectivity index (χ0v) is 13.0. The highest BCUT2D eigenvalue weighted by molar-refractivity contribution is 5.75. The predicted molar refractivity (Wildman–Crippen MR) is 89.0 cm³/mol. The molecule has 0 amide bonds. The summed E-state index contributed by atoms with van der Waals surface area (Å²) in [5.74, 6) is 1.84. The number of para-hydroxylation sites is 3. The highest BCUT2D eigenvalue weighted by atomic mass is 16.5. The number of hydrogen-bond acceptors (Lipinski definition) is 3. The van der Waals surface area contributed by atoms with E-state index in [-0.39, 0.29) is 6.04 Å². The van der Waals surface area contributed by atoms with Crippen LogP contribution < -0.4 is 10.5 Å². The molecule has 0 fully saturated rings. The summed E-state index contributed by atoms with van der Waals surface area (Å²) >= 11 is 0. The minimum Gasteiger partial charge on any atom is -0.494 e. The third kappa shape index (κ3) is 2.70. The van der Waals surface area contributed by atoms with Crippen LogP contribution in [0.4, 0.5) is 0 Å². The van der Waals surface area contributed by atoms with Crippen molar-refractivity contribution in [1.82, 2.24) is 9.55 Å². The molecule has 114 valence electrons. The van der Waals surface area contributed by atoms with Crippen LogP contribution in [0.2, 0.25) is 0 Å². The molecule has 1 atom stereocenters. The van der Waals surface area contributed by atoms with Gasteiger partial charge in [-0.1, -0.05) is 30.3 Å². The van der Waals surface area contributed by atoms with Crippen molar-refractivity contribution in [2.45, 2.75) is 26.4 Å². The van der Waals surface area contributed by atoms with Crippen LogP contribution in [0.15, 0.2) is 48.5 Å². The van der Waals surface area contributed by atoms with Crippen molar-refractivity contribution in [3.05, 3.63) is 59.9 Å². The van der Waals surface area contributed by atoms with Crippen molar-refractivity contribution in [3.63, 3.8) is 0 Å². The van der Waals surface area contributed by atoms with E-state index in [9.17, 15) is 0 Å². The zero-order valence-electron chi connectivity index (χ0n) is 13.0. The molecule has 0 aliphatic carbocycles. The van der Waals surface area contributed by atoms with Crippen molar-refractivity contribution in [2.75, 3.05) is 6.61 Å². The number of aryl methyl sites for hydroxylation is 1. The molecule has 3 aromatic rings. The second-order valence-electron chi connectivity index (χ2n) is 5.34. The van der Waals surface area contributed by atoms with Crippen LogP contribution in [0.25, 0.3) is 11.0 Å². The lowest BCUT2D eigenvalue weighted by molar-refractivity contribution is 0.332. The van der Waals surface area contributed by atoms with Crippen molar-refractivity contribution in [3.8, 4) is 5.75 Å². The van der Waals surface area contributed by atoms with Gasteiger partial charge < -0.3 is 15.0 Å². The topological polar surface area (TPSA) is 53.1 Å². The Bertz CT molecular complexity index is 779. The number of benzene rings is 2. The first-order valence-electron chi connectivity index (χ1n) is 7.60. The second-order valence-corrected chi connectivity index (χ2v) is 5.34. The van der Waals surface area contributed by atoms with E-state index in [1.807, 2.05) is 56.3 Å². The lowest BCUT2D eigenvalue weighted by Crippen LogP contribution is -2.19. The van der Waals surface area contributed by atoms with Gasteiger partial charge in [0.2, 0.25) is 0 Å². The van der Waals surface area contributed by atoms with E-state index in [0.29, 0.717) is 13.2 Å². The van der Waals surface area contributed by atoms with Gasteiger partial charge in [-0.15, -0.1) is 0 Å². The van der Waals surface area contributed by atoms with Crippen LogP contribution in [0.5, 0.6) is 5.75 Å². The molecule has 4 heteroatoms. The maximum absolute atomic E-state index is 6.45. The molecular formula is C18H21N3O. The zero-order chi connectivity index (χ0) is 15.5. The lowest BCUT2D eigenvalue weighted by Gasteiger charge is -2.18. The quantitative estimate of drug-likeness (QED) is 0.784. The second kappa shape index (κ2) is 6.20. The predicted octanol–water partition coefficient (Wildman–Crippen LogP) is 3.44. The number of imidazole rings is 1. The Morgan fingerprint density at radius 3 is 2.68 bits per heavy atom. The molecule has 3 rings (SSSR count). The number of ether oxygens (including phenoxy) is 1. The van der Waals surface area contributed by atoms with E-state index in [1.165, 1.54) is 0 Å². The van der Waals surface area contributed by atoms with Gasteiger partial charge in [-0.3, -0.25) is 0 Å². The Hall–Kier alpha value is -2.33. The fourth-order valence-corrected chi connectivity index (χ4v) is 2.80.